The van der Waals surface area contributed by atoms with Crippen molar-refractivity contribution >= 4 is 11.3 Å². The van der Waals surface area contributed by atoms with Crippen LogP contribution < -0.4 is 4.74 Å². The van der Waals surface area contributed by atoms with Crippen LogP contribution in [0.3, 0.4) is 0 Å². The molecule has 3 nitrogen and oxygen atoms in total. The Labute approximate surface area is 96.2 Å². The lowest BCUT2D eigenvalue weighted by atomic mass is 10.1. The molecule has 0 aliphatic rings. The molecule has 0 aliphatic heterocycles. The topological polar surface area (TPSA) is 42.4 Å². The Balaban J connectivity index is 2.41. The SMILES string of the molecule is COc1cccc(C(O)c2nccs2)c1F. The molecule has 0 saturated heterocycles. The highest BCUT2D eigenvalue weighted by atomic mass is 32.1. The van der Waals surface area contributed by atoms with E-state index in [2.05, 4.69) is 4.98 Å². The van der Waals surface area contributed by atoms with E-state index in [0.717, 1.165) is 0 Å². The van der Waals surface area contributed by atoms with Crippen LogP contribution >= 0.6 is 11.3 Å². The van der Waals surface area contributed by atoms with E-state index in [4.69, 9.17) is 4.74 Å². The fraction of sp³-hybridized carbons (Fsp3) is 0.182. The molecule has 0 radical (unpaired) electrons. The van der Waals surface area contributed by atoms with Gasteiger partial charge in [-0.15, -0.1) is 11.3 Å². The van der Waals surface area contributed by atoms with Crippen molar-refractivity contribution in [2.45, 2.75) is 6.10 Å². The molecule has 0 saturated carbocycles. The molecule has 5 heteroatoms. The molecule has 16 heavy (non-hydrogen) atoms. The summed E-state index contributed by atoms with van der Waals surface area (Å²) in [5.41, 5.74) is 0.175. The first-order valence-electron chi connectivity index (χ1n) is 4.64. The molecular formula is C11H10FNO2S. The third-order valence-electron chi connectivity index (χ3n) is 2.19. The number of aromatic nitrogens is 1. The van der Waals surface area contributed by atoms with E-state index >= 15 is 0 Å². The molecule has 2 aromatic rings. The maximum atomic E-state index is 13.8. The number of nitrogens with zero attached hydrogens (tertiary/aromatic N) is 1. The zero-order chi connectivity index (χ0) is 11.5. The van der Waals surface area contributed by atoms with Gasteiger partial charge in [-0.05, 0) is 6.07 Å². The van der Waals surface area contributed by atoms with Gasteiger partial charge < -0.3 is 9.84 Å². The van der Waals surface area contributed by atoms with Gasteiger partial charge in [0.1, 0.15) is 11.1 Å². The first kappa shape index (κ1) is 11.0. The smallest absolute Gasteiger partial charge is 0.171 e. The number of halogens is 1. The predicted octanol–water partition coefficient (Wildman–Crippen LogP) is 2.37. The number of hydrogen-bond acceptors (Lipinski definition) is 4. The van der Waals surface area contributed by atoms with Gasteiger partial charge in [0.05, 0.1) is 7.11 Å². The van der Waals surface area contributed by atoms with Crippen molar-refractivity contribution in [1.29, 1.82) is 0 Å². The van der Waals surface area contributed by atoms with Gasteiger partial charge in [-0.3, -0.25) is 0 Å². The van der Waals surface area contributed by atoms with E-state index in [0.29, 0.717) is 5.01 Å². The van der Waals surface area contributed by atoms with E-state index in [1.165, 1.54) is 30.6 Å². The highest BCUT2D eigenvalue weighted by Crippen LogP contribution is 2.29. The fourth-order valence-electron chi connectivity index (χ4n) is 1.40. The van der Waals surface area contributed by atoms with Crippen LogP contribution in [-0.4, -0.2) is 17.2 Å². The van der Waals surface area contributed by atoms with E-state index in [1.807, 2.05) is 0 Å². The zero-order valence-electron chi connectivity index (χ0n) is 8.55. The summed E-state index contributed by atoms with van der Waals surface area (Å²) in [7, 11) is 1.39. The van der Waals surface area contributed by atoms with Crippen LogP contribution in [-0.2, 0) is 0 Å². The van der Waals surface area contributed by atoms with Crippen LogP contribution in [0.25, 0.3) is 0 Å². The van der Waals surface area contributed by atoms with Crippen LogP contribution in [0.2, 0.25) is 0 Å². The van der Waals surface area contributed by atoms with Crippen LogP contribution in [0.5, 0.6) is 5.75 Å². The maximum absolute atomic E-state index is 13.8. The second-order valence-corrected chi connectivity index (χ2v) is 4.06. The molecule has 1 unspecified atom stereocenters. The third-order valence-corrected chi connectivity index (χ3v) is 3.02. The van der Waals surface area contributed by atoms with Gasteiger partial charge in [-0.1, -0.05) is 12.1 Å². The Morgan fingerprint density at radius 3 is 2.94 bits per heavy atom. The van der Waals surface area contributed by atoms with Crippen LogP contribution in [0.1, 0.15) is 16.7 Å². The number of hydrogen-bond donors (Lipinski definition) is 1. The molecule has 1 atom stereocenters. The second-order valence-electron chi connectivity index (χ2n) is 3.14. The van der Waals surface area contributed by atoms with Crippen LogP contribution in [0.15, 0.2) is 29.8 Å². The molecule has 0 bridgehead atoms. The second kappa shape index (κ2) is 4.59. The summed E-state index contributed by atoms with van der Waals surface area (Å²) in [6.07, 6.45) is 0.525. The largest absolute Gasteiger partial charge is 0.494 e. The van der Waals surface area contributed by atoms with Gasteiger partial charge in [0, 0.05) is 17.1 Å². The van der Waals surface area contributed by atoms with Crippen molar-refractivity contribution in [2.24, 2.45) is 0 Å². The number of aliphatic hydroxyl groups excluding tert-OH is 1. The summed E-state index contributed by atoms with van der Waals surface area (Å²) in [6, 6.07) is 4.66. The normalized spacial score (nSPS) is 12.4. The number of rotatable bonds is 3. The number of aliphatic hydroxyl groups is 1. The summed E-state index contributed by atoms with van der Waals surface area (Å²) >= 11 is 1.28. The minimum absolute atomic E-state index is 0.119. The molecule has 1 aromatic carbocycles. The molecule has 1 N–H and O–H groups in total. The van der Waals surface area contributed by atoms with Crippen molar-refractivity contribution in [3.05, 3.63) is 46.2 Å². The molecular weight excluding hydrogens is 229 g/mol. The monoisotopic (exact) mass is 239 g/mol. The predicted molar refractivity (Wildman–Crippen MR) is 59.1 cm³/mol. The molecule has 0 aliphatic carbocycles. The Kier molecular flexibility index (Phi) is 3.17. The van der Waals surface area contributed by atoms with E-state index in [-0.39, 0.29) is 11.3 Å². The summed E-state index contributed by atoms with van der Waals surface area (Å²) in [6.45, 7) is 0. The molecule has 1 aromatic heterocycles. The number of ether oxygens (including phenoxy) is 1. The van der Waals surface area contributed by atoms with Crippen molar-refractivity contribution in [1.82, 2.24) is 4.98 Å². The molecule has 0 amide bonds. The first-order valence-corrected chi connectivity index (χ1v) is 5.52. The van der Waals surface area contributed by atoms with Crippen molar-refractivity contribution in [2.75, 3.05) is 7.11 Å². The van der Waals surface area contributed by atoms with Crippen LogP contribution in [0.4, 0.5) is 4.39 Å². The maximum Gasteiger partial charge on any atom is 0.171 e. The van der Waals surface area contributed by atoms with Crippen LogP contribution in [0, 0.1) is 5.82 Å². The highest BCUT2D eigenvalue weighted by Gasteiger charge is 2.19. The lowest BCUT2D eigenvalue weighted by Gasteiger charge is -2.11. The minimum atomic E-state index is -1.05. The molecule has 84 valence electrons. The van der Waals surface area contributed by atoms with Gasteiger partial charge in [-0.2, -0.15) is 0 Å². The molecule has 0 spiro atoms. The Hall–Kier alpha value is -1.46. The highest BCUT2D eigenvalue weighted by molar-refractivity contribution is 7.09. The van der Waals surface area contributed by atoms with Gasteiger partial charge in [0.25, 0.3) is 0 Å². The number of methoxy groups -OCH3 is 1. The summed E-state index contributed by atoms with van der Waals surface area (Å²) in [5.74, 6) is -0.430. The van der Waals surface area contributed by atoms with Crippen molar-refractivity contribution in [3.63, 3.8) is 0 Å². The first-order chi connectivity index (χ1) is 7.74. The van der Waals surface area contributed by atoms with Gasteiger partial charge in [0.2, 0.25) is 0 Å². The van der Waals surface area contributed by atoms with E-state index in [1.54, 1.807) is 17.6 Å². The fourth-order valence-corrected chi connectivity index (χ4v) is 2.04. The minimum Gasteiger partial charge on any atom is -0.494 e. The lowest BCUT2D eigenvalue weighted by molar-refractivity contribution is 0.213. The molecule has 0 fully saturated rings. The van der Waals surface area contributed by atoms with Gasteiger partial charge in [-0.25, -0.2) is 9.37 Å². The van der Waals surface area contributed by atoms with Gasteiger partial charge >= 0.3 is 0 Å². The quantitative estimate of drug-likeness (QED) is 0.894. The number of thiazole rings is 1. The number of benzene rings is 1. The average molecular weight is 239 g/mol. The Morgan fingerprint density at radius 1 is 1.50 bits per heavy atom. The third kappa shape index (κ3) is 1.91. The van der Waals surface area contributed by atoms with Gasteiger partial charge in [0.15, 0.2) is 11.6 Å². The summed E-state index contributed by atoms with van der Waals surface area (Å²) < 4.78 is 18.7. The Bertz CT molecular complexity index is 473. The lowest BCUT2D eigenvalue weighted by Crippen LogP contribution is -2.03. The van der Waals surface area contributed by atoms with E-state index in [9.17, 15) is 9.50 Å². The average Bonchev–Trinajstić information content (AvgIpc) is 2.82. The molecule has 2 rings (SSSR count). The summed E-state index contributed by atoms with van der Waals surface area (Å²) in [4.78, 5) is 3.95. The Morgan fingerprint density at radius 2 is 2.31 bits per heavy atom. The van der Waals surface area contributed by atoms with Crippen molar-refractivity contribution < 1.29 is 14.2 Å². The van der Waals surface area contributed by atoms with E-state index < -0.39 is 11.9 Å². The summed E-state index contributed by atoms with van der Waals surface area (Å²) in [5, 5.41) is 12.1. The molecule has 1 heterocycles. The zero-order valence-corrected chi connectivity index (χ0v) is 9.37. The standard InChI is InChI=1S/C11H10FNO2S/c1-15-8-4-2-3-7(9(8)12)10(14)11-13-5-6-16-11/h2-6,10,14H,1H3. The van der Waals surface area contributed by atoms with Crippen molar-refractivity contribution in [3.8, 4) is 5.75 Å².